The quantitative estimate of drug-likeness (QED) is 0.405. The lowest BCUT2D eigenvalue weighted by Crippen LogP contribution is -2.51. The molecule has 2 rings (SSSR count). The number of rotatable bonds is 5. The number of guanidine groups is 1. The maximum absolute atomic E-state index is 4.50. The number of halogens is 1. The molecule has 0 aromatic rings. The molecule has 0 bridgehead atoms. The van der Waals surface area contributed by atoms with Crippen molar-refractivity contribution in [2.24, 2.45) is 10.9 Å². The highest BCUT2D eigenvalue weighted by Gasteiger charge is 2.29. The fourth-order valence-electron chi connectivity index (χ4n) is 2.83. The summed E-state index contributed by atoms with van der Waals surface area (Å²) in [5.41, 5.74) is 0. The third-order valence-electron chi connectivity index (χ3n) is 4.72. The van der Waals surface area contributed by atoms with Gasteiger partial charge < -0.3 is 10.2 Å². The predicted molar refractivity (Wildman–Crippen MR) is 110 cm³/mol. The second kappa shape index (κ2) is 9.57. The Balaban J connectivity index is 0.00000242. The molecule has 0 aromatic heterocycles. The minimum atomic E-state index is 0. The number of nitrogens with one attached hydrogen (secondary N) is 1. The van der Waals surface area contributed by atoms with Crippen molar-refractivity contribution in [2.75, 3.05) is 39.5 Å². The smallest absolute Gasteiger partial charge is 0.193 e. The van der Waals surface area contributed by atoms with Gasteiger partial charge in [-0.15, -0.1) is 24.0 Å². The Morgan fingerprint density at radius 3 is 2.59 bits per heavy atom. The minimum Gasteiger partial charge on any atom is -0.355 e. The maximum Gasteiger partial charge on any atom is 0.193 e. The number of nitrogens with zero attached hydrogens (tertiary/aromatic N) is 3. The summed E-state index contributed by atoms with van der Waals surface area (Å²) in [6, 6.07) is 1.38. The molecule has 2 unspecified atom stereocenters. The van der Waals surface area contributed by atoms with E-state index in [1.54, 1.807) is 0 Å². The molecule has 0 amide bonds. The predicted octanol–water partition coefficient (Wildman–Crippen LogP) is 2.74. The molecule has 0 radical (unpaired) electrons. The van der Waals surface area contributed by atoms with Gasteiger partial charge in [-0.25, -0.2) is 0 Å². The normalized spacial score (nSPS) is 24.4. The van der Waals surface area contributed by atoms with Gasteiger partial charge in [-0.2, -0.15) is 11.8 Å². The summed E-state index contributed by atoms with van der Waals surface area (Å²) in [5, 5.41) is 4.31. The number of aliphatic imine (C=N–C) groups is 1. The zero-order chi connectivity index (χ0) is 15.4. The Morgan fingerprint density at radius 2 is 2.05 bits per heavy atom. The van der Waals surface area contributed by atoms with Crippen LogP contribution in [0.1, 0.15) is 33.6 Å². The number of thioether (sulfide) groups is 1. The monoisotopic (exact) mass is 440 g/mol. The molecule has 2 aliphatic rings. The Morgan fingerprint density at radius 1 is 1.36 bits per heavy atom. The SMILES string of the molecule is CN=C(NCC(C)N(C)C1CC1)N1CCSC(C(C)C)C1.I. The molecule has 0 spiro atoms. The van der Waals surface area contributed by atoms with Gasteiger partial charge in [-0.3, -0.25) is 9.89 Å². The topological polar surface area (TPSA) is 30.9 Å². The van der Waals surface area contributed by atoms with Crippen molar-refractivity contribution in [2.45, 2.75) is 50.9 Å². The van der Waals surface area contributed by atoms with E-state index in [9.17, 15) is 0 Å². The molecule has 4 nitrogen and oxygen atoms in total. The van der Waals surface area contributed by atoms with Gasteiger partial charge in [-0.05, 0) is 32.7 Å². The van der Waals surface area contributed by atoms with Crippen LogP contribution in [0.15, 0.2) is 4.99 Å². The van der Waals surface area contributed by atoms with Crippen molar-refractivity contribution in [3.05, 3.63) is 0 Å². The van der Waals surface area contributed by atoms with Crippen LogP contribution in [-0.2, 0) is 0 Å². The molecule has 22 heavy (non-hydrogen) atoms. The van der Waals surface area contributed by atoms with Gasteiger partial charge >= 0.3 is 0 Å². The zero-order valence-electron chi connectivity index (χ0n) is 14.7. The molecule has 1 heterocycles. The first-order valence-corrected chi connectivity index (χ1v) is 9.37. The third kappa shape index (κ3) is 5.74. The molecule has 1 N–H and O–H groups in total. The number of likely N-dealkylation sites (N-methyl/N-ethyl adjacent to an activating group) is 1. The Labute approximate surface area is 157 Å². The molecular weight excluding hydrogens is 407 g/mol. The van der Waals surface area contributed by atoms with Crippen LogP contribution in [0, 0.1) is 5.92 Å². The summed E-state index contributed by atoms with van der Waals surface area (Å²) in [6.07, 6.45) is 2.74. The highest BCUT2D eigenvalue weighted by Crippen LogP contribution is 2.27. The van der Waals surface area contributed by atoms with E-state index in [1.165, 1.54) is 18.6 Å². The van der Waals surface area contributed by atoms with E-state index >= 15 is 0 Å². The summed E-state index contributed by atoms with van der Waals surface area (Å²) in [6.45, 7) is 10.2. The molecule has 2 fully saturated rings. The molecule has 6 heteroatoms. The minimum absolute atomic E-state index is 0. The van der Waals surface area contributed by atoms with Crippen molar-refractivity contribution < 1.29 is 0 Å². The van der Waals surface area contributed by atoms with Crippen molar-refractivity contribution in [3.63, 3.8) is 0 Å². The van der Waals surface area contributed by atoms with Crippen LogP contribution < -0.4 is 5.32 Å². The van der Waals surface area contributed by atoms with E-state index < -0.39 is 0 Å². The largest absolute Gasteiger partial charge is 0.355 e. The fourth-order valence-corrected chi connectivity index (χ4v) is 4.13. The summed E-state index contributed by atoms with van der Waals surface area (Å²) >= 11 is 2.11. The lowest BCUT2D eigenvalue weighted by atomic mass is 10.1. The van der Waals surface area contributed by atoms with Gasteiger partial charge in [0.1, 0.15) is 0 Å². The van der Waals surface area contributed by atoms with Crippen molar-refractivity contribution >= 4 is 41.7 Å². The van der Waals surface area contributed by atoms with Gasteiger partial charge in [0.05, 0.1) is 0 Å². The molecular formula is C16H33IN4S. The van der Waals surface area contributed by atoms with Gasteiger partial charge in [-0.1, -0.05) is 13.8 Å². The lowest BCUT2D eigenvalue weighted by molar-refractivity contribution is 0.245. The summed E-state index contributed by atoms with van der Waals surface area (Å²) in [5.74, 6) is 3.02. The summed E-state index contributed by atoms with van der Waals surface area (Å²) < 4.78 is 0. The van der Waals surface area contributed by atoms with Crippen LogP contribution in [0.3, 0.4) is 0 Å². The second-order valence-electron chi connectivity index (χ2n) is 6.77. The van der Waals surface area contributed by atoms with Gasteiger partial charge in [0.25, 0.3) is 0 Å². The average Bonchev–Trinajstić information content (AvgIpc) is 3.31. The first kappa shape index (κ1) is 20.4. The van der Waals surface area contributed by atoms with E-state index in [2.05, 4.69) is 59.7 Å². The molecule has 1 saturated carbocycles. The molecule has 1 aliphatic heterocycles. The van der Waals surface area contributed by atoms with E-state index in [1.807, 2.05) is 7.05 Å². The first-order valence-electron chi connectivity index (χ1n) is 8.32. The molecule has 1 aliphatic carbocycles. The van der Waals surface area contributed by atoms with Crippen LogP contribution in [0.25, 0.3) is 0 Å². The Bertz CT molecular complexity index is 360. The lowest BCUT2D eigenvalue weighted by Gasteiger charge is -2.37. The first-order chi connectivity index (χ1) is 10.0. The van der Waals surface area contributed by atoms with E-state index in [-0.39, 0.29) is 24.0 Å². The molecule has 0 aromatic carbocycles. The van der Waals surface area contributed by atoms with Crippen LogP contribution in [-0.4, -0.2) is 72.6 Å². The van der Waals surface area contributed by atoms with Crippen LogP contribution in [0.5, 0.6) is 0 Å². The average molecular weight is 440 g/mol. The highest BCUT2D eigenvalue weighted by molar-refractivity contribution is 14.0. The Kier molecular flexibility index (Phi) is 8.85. The standard InChI is InChI=1S/C16H32N4S.HI/c1-12(2)15-11-20(8-9-21-15)16(17-4)18-10-13(3)19(5)14-6-7-14;/h12-15H,6-11H2,1-5H3,(H,17,18);1H. The molecule has 130 valence electrons. The van der Waals surface area contributed by atoms with Gasteiger partial charge in [0.15, 0.2) is 5.96 Å². The zero-order valence-corrected chi connectivity index (χ0v) is 17.9. The summed E-state index contributed by atoms with van der Waals surface area (Å²) in [7, 11) is 4.16. The molecule has 1 saturated heterocycles. The van der Waals surface area contributed by atoms with E-state index in [0.29, 0.717) is 6.04 Å². The highest BCUT2D eigenvalue weighted by atomic mass is 127. The van der Waals surface area contributed by atoms with Crippen molar-refractivity contribution in [1.29, 1.82) is 0 Å². The third-order valence-corrected chi connectivity index (χ3v) is 6.26. The van der Waals surface area contributed by atoms with Gasteiger partial charge in [0.2, 0.25) is 0 Å². The van der Waals surface area contributed by atoms with Gasteiger partial charge in [0, 0.05) is 49.8 Å². The summed E-state index contributed by atoms with van der Waals surface area (Å²) in [4.78, 5) is 9.44. The fraction of sp³-hybridized carbons (Fsp3) is 0.938. The van der Waals surface area contributed by atoms with Crippen LogP contribution in [0.4, 0.5) is 0 Å². The number of hydrogen-bond acceptors (Lipinski definition) is 3. The van der Waals surface area contributed by atoms with E-state index in [4.69, 9.17) is 0 Å². The second-order valence-corrected chi connectivity index (χ2v) is 8.12. The number of hydrogen-bond donors (Lipinski definition) is 1. The van der Waals surface area contributed by atoms with Crippen LogP contribution in [0.2, 0.25) is 0 Å². The van der Waals surface area contributed by atoms with Crippen molar-refractivity contribution in [3.8, 4) is 0 Å². The maximum atomic E-state index is 4.50. The molecule has 2 atom stereocenters. The van der Waals surface area contributed by atoms with Crippen molar-refractivity contribution in [1.82, 2.24) is 15.1 Å². The van der Waals surface area contributed by atoms with E-state index in [0.717, 1.165) is 42.8 Å². The van der Waals surface area contributed by atoms with Crippen LogP contribution >= 0.6 is 35.7 Å². The Hall–Kier alpha value is 0.310.